The van der Waals surface area contributed by atoms with Crippen LogP contribution in [0, 0.1) is 0 Å². The second kappa shape index (κ2) is 7.04. The molecule has 1 saturated heterocycles. The fourth-order valence-electron chi connectivity index (χ4n) is 2.23. The molecule has 0 amide bonds. The Hall–Kier alpha value is -1.35. The molecule has 1 fully saturated rings. The lowest BCUT2D eigenvalue weighted by molar-refractivity contribution is 0.120. The van der Waals surface area contributed by atoms with E-state index in [-0.39, 0.29) is 10.3 Å². The molecule has 3 rings (SSSR count). The van der Waals surface area contributed by atoms with E-state index in [1.54, 1.807) is 18.2 Å². The Balaban J connectivity index is 1.60. The van der Waals surface area contributed by atoms with Crippen LogP contribution in [0.25, 0.3) is 0 Å². The van der Waals surface area contributed by atoms with E-state index < -0.39 is 10.0 Å². The summed E-state index contributed by atoms with van der Waals surface area (Å²) in [5.41, 5.74) is 0.400. The molecule has 0 aliphatic carbocycles. The number of halogens is 1. The molecule has 0 bridgehead atoms. The molecule has 0 spiro atoms. The summed E-state index contributed by atoms with van der Waals surface area (Å²) in [6.07, 6.45) is 3.84. The molecule has 6 nitrogen and oxygen atoms in total. The average Bonchev–Trinajstić information content (AvgIpc) is 3.18. The fraction of sp³-hybridized carbons (Fsp3) is 0.357. The van der Waals surface area contributed by atoms with E-state index in [0.29, 0.717) is 22.4 Å². The lowest BCUT2D eigenvalue weighted by Gasteiger charge is -2.11. The molecule has 3 heterocycles. The molecule has 1 atom stereocenters. The molecule has 0 radical (unpaired) electrons. The Morgan fingerprint density at radius 2 is 2.22 bits per heavy atom. The van der Waals surface area contributed by atoms with E-state index in [1.807, 2.05) is 0 Å². The molecule has 1 aliphatic rings. The van der Waals surface area contributed by atoms with Gasteiger partial charge in [0.25, 0.3) is 10.0 Å². The van der Waals surface area contributed by atoms with Gasteiger partial charge in [-0.05, 0) is 37.1 Å². The minimum Gasteiger partial charge on any atom is -0.376 e. The van der Waals surface area contributed by atoms with Gasteiger partial charge < -0.3 is 10.1 Å². The van der Waals surface area contributed by atoms with Crippen molar-refractivity contribution in [1.82, 2.24) is 4.98 Å². The lowest BCUT2D eigenvalue weighted by atomic mass is 10.2. The van der Waals surface area contributed by atoms with Gasteiger partial charge in [-0.15, -0.1) is 11.3 Å². The van der Waals surface area contributed by atoms with E-state index in [9.17, 15) is 8.42 Å². The molecular weight excluding hydrogens is 358 g/mol. The van der Waals surface area contributed by atoms with Crippen LogP contribution in [0.2, 0.25) is 4.34 Å². The topological polar surface area (TPSA) is 80.3 Å². The maximum Gasteiger partial charge on any atom is 0.271 e. The maximum absolute atomic E-state index is 12.2. The summed E-state index contributed by atoms with van der Waals surface area (Å²) in [4.78, 5) is 4.21. The van der Waals surface area contributed by atoms with Crippen LogP contribution in [-0.2, 0) is 14.8 Å². The SMILES string of the molecule is O=S(=O)(Nc1ccc(NCC2CCCO2)nc1)c1ccc(Cl)s1. The number of nitrogens with zero attached hydrogens (tertiary/aromatic N) is 1. The number of rotatable bonds is 6. The first-order chi connectivity index (χ1) is 11.0. The Kier molecular flexibility index (Phi) is 5.05. The molecular formula is C14H16ClN3O3S2. The van der Waals surface area contributed by atoms with Crippen molar-refractivity contribution >= 4 is 44.5 Å². The van der Waals surface area contributed by atoms with Gasteiger partial charge in [-0.1, -0.05) is 11.6 Å². The summed E-state index contributed by atoms with van der Waals surface area (Å²) < 4.78 is 33.0. The van der Waals surface area contributed by atoms with Crippen LogP contribution in [0.1, 0.15) is 12.8 Å². The molecule has 2 aromatic rings. The lowest BCUT2D eigenvalue weighted by Crippen LogP contribution is -2.19. The third-order valence-electron chi connectivity index (χ3n) is 3.36. The predicted molar refractivity (Wildman–Crippen MR) is 91.8 cm³/mol. The van der Waals surface area contributed by atoms with Crippen LogP contribution in [0.3, 0.4) is 0 Å². The van der Waals surface area contributed by atoms with Crippen molar-refractivity contribution in [3.63, 3.8) is 0 Å². The Labute approximate surface area is 143 Å². The number of sulfonamides is 1. The van der Waals surface area contributed by atoms with Gasteiger partial charge >= 0.3 is 0 Å². The normalized spacial score (nSPS) is 18.0. The number of pyridine rings is 1. The van der Waals surface area contributed by atoms with Gasteiger partial charge in [0.2, 0.25) is 0 Å². The first kappa shape index (κ1) is 16.5. The van der Waals surface area contributed by atoms with Gasteiger partial charge in [0.1, 0.15) is 10.0 Å². The van der Waals surface area contributed by atoms with Crippen LogP contribution in [0.15, 0.2) is 34.7 Å². The van der Waals surface area contributed by atoms with E-state index in [2.05, 4.69) is 15.0 Å². The molecule has 23 heavy (non-hydrogen) atoms. The van der Waals surface area contributed by atoms with Crippen LogP contribution in [-0.4, -0.2) is 32.7 Å². The second-order valence-corrected chi connectivity index (χ2v) is 8.74. The van der Waals surface area contributed by atoms with Crippen molar-refractivity contribution in [3.05, 3.63) is 34.8 Å². The highest BCUT2D eigenvalue weighted by Gasteiger charge is 2.17. The number of hydrogen-bond donors (Lipinski definition) is 2. The molecule has 1 unspecified atom stereocenters. The van der Waals surface area contributed by atoms with Gasteiger partial charge in [-0.3, -0.25) is 4.72 Å². The van der Waals surface area contributed by atoms with Crippen LogP contribution < -0.4 is 10.0 Å². The molecule has 0 aromatic carbocycles. The van der Waals surface area contributed by atoms with Crippen molar-refractivity contribution in [3.8, 4) is 0 Å². The summed E-state index contributed by atoms with van der Waals surface area (Å²) in [7, 11) is -3.63. The van der Waals surface area contributed by atoms with Crippen LogP contribution >= 0.6 is 22.9 Å². The summed E-state index contributed by atoms with van der Waals surface area (Å²) in [5, 5.41) is 3.18. The number of thiophene rings is 1. The quantitative estimate of drug-likeness (QED) is 0.812. The smallest absolute Gasteiger partial charge is 0.271 e. The van der Waals surface area contributed by atoms with E-state index in [0.717, 1.165) is 30.8 Å². The first-order valence-corrected chi connectivity index (χ1v) is 9.80. The standard InChI is InChI=1S/C14H16ClN3O3S2/c15-12-4-6-14(22-12)23(19,20)18-10-3-5-13(16-8-10)17-9-11-2-1-7-21-11/h3-6,8,11,18H,1-2,7,9H2,(H,16,17). The van der Waals surface area contributed by atoms with Gasteiger partial charge in [0, 0.05) is 13.2 Å². The summed E-state index contributed by atoms with van der Waals surface area (Å²) in [6, 6.07) is 6.42. The highest BCUT2D eigenvalue weighted by atomic mass is 35.5. The number of anilines is 2. The van der Waals surface area contributed by atoms with Gasteiger partial charge in [-0.2, -0.15) is 0 Å². The first-order valence-electron chi connectivity index (χ1n) is 7.13. The zero-order valence-corrected chi connectivity index (χ0v) is 14.5. The van der Waals surface area contributed by atoms with Crippen molar-refractivity contribution in [2.75, 3.05) is 23.2 Å². The Morgan fingerprint density at radius 3 is 2.83 bits per heavy atom. The van der Waals surface area contributed by atoms with Crippen LogP contribution in [0.5, 0.6) is 0 Å². The van der Waals surface area contributed by atoms with E-state index >= 15 is 0 Å². The largest absolute Gasteiger partial charge is 0.376 e. The molecule has 0 saturated carbocycles. The maximum atomic E-state index is 12.2. The zero-order chi connectivity index (χ0) is 16.3. The predicted octanol–water partition coefficient (Wildman–Crippen LogP) is 3.19. The Morgan fingerprint density at radius 1 is 1.35 bits per heavy atom. The number of ether oxygens (including phenoxy) is 1. The van der Waals surface area contributed by atoms with Gasteiger partial charge in [0.15, 0.2) is 0 Å². The molecule has 9 heteroatoms. The van der Waals surface area contributed by atoms with E-state index in [1.165, 1.54) is 12.3 Å². The number of aromatic nitrogens is 1. The van der Waals surface area contributed by atoms with E-state index in [4.69, 9.17) is 16.3 Å². The van der Waals surface area contributed by atoms with Gasteiger partial charge in [-0.25, -0.2) is 13.4 Å². The monoisotopic (exact) mass is 373 g/mol. The Bertz CT molecular complexity index is 756. The highest BCUT2D eigenvalue weighted by Crippen LogP contribution is 2.27. The van der Waals surface area contributed by atoms with Gasteiger partial charge in [0.05, 0.1) is 22.3 Å². The molecule has 124 valence electrons. The third-order valence-corrected chi connectivity index (χ3v) is 6.47. The number of hydrogen-bond acceptors (Lipinski definition) is 6. The van der Waals surface area contributed by atoms with Crippen molar-refractivity contribution in [2.45, 2.75) is 23.2 Å². The minimum atomic E-state index is -3.63. The summed E-state index contributed by atoms with van der Waals surface area (Å²) >= 11 is 6.78. The summed E-state index contributed by atoms with van der Waals surface area (Å²) in [5.74, 6) is 0.683. The average molecular weight is 374 g/mol. The molecule has 2 N–H and O–H groups in total. The summed E-state index contributed by atoms with van der Waals surface area (Å²) in [6.45, 7) is 1.51. The second-order valence-electron chi connectivity index (χ2n) is 5.11. The molecule has 2 aromatic heterocycles. The van der Waals surface area contributed by atoms with Crippen molar-refractivity contribution < 1.29 is 13.2 Å². The zero-order valence-electron chi connectivity index (χ0n) is 12.2. The minimum absolute atomic E-state index is 0.170. The third kappa shape index (κ3) is 4.35. The molecule has 1 aliphatic heterocycles. The van der Waals surface area contributed by atoms with Crippen molar-refractivity contribution in [1.29, 1.82) is 0 Å². The van der Waals surface area contributed by atoms with Crippen LogP contribution in [0.4, 0.5) is 11.5 Å². The van der Waals surface area contributed by atoms with Crippen molar-refractivity contribution in [2.24, 2.45) is 0 Å². The number of nitrogens with one attached hydrogen (secondary N) is 2. The fourth-order valence-corrected chi connectivity index (χ4v) is 4.76. The highest BCUT2D eigenvalue weighted by molar-refractivity contribution is 7.94.